The summed E-state index contributed by atoms with van der Waals surface area (Å²) in [6.07, 6.45) is -2.30. The molecule has 2 rings (SSSR count). The van der Waals surface area contributed by atoms with Crippen LogP contribution >= 0.6 is 0 Å². The summed E-state index contributed by atoms with van der Waals surface area (Å²) in [4.78, 5) is 18.2. The number of benzene rings is 1. The lowest BCUT2D eigenvalue weighted by atomic mass is 10.1. The second kappa shape index (κ2) is 8.66. The Morgan fingerprint density at radius 3 is 2.73 bits per heavy atom. The molecule has 1 N–H and O–H groups in total. The Morgan fingerprint density at radius 1 is 1.27 bits per heavy atom. The summed E-state index contributed by atoms with van der Waals surface area (Å²) in [6.45, 7) is 1.02. The van der Waals surface area contributed by atoms with Crippen molar-refractivity contribution in [3.8, 4) is 0 Å². The molecule has 0 aliphatic carbocycles. The molecule has 0 fully saturated rings. The second-order valence-electron chi connectivity index (χ2n) is 5.68. The lowest BCUT2D eigenvalue weighted by Crippen LogP contribution is -2.29. The maximum absolute atomic E-state index is 12.9. The summed E-state index contributed by atoms with van der Waals surface area (Å²) >= 11 is 0. The quantitative estimate of drug-likeness (QED) is 0.753. The van der Waals surface area contributed by atoms with Crippen molar-refractivity contribution in [2.24, 2.45) is 0 Å². The van der Waals surface area contributed by atoms with Gasteiger partial charge < -0.3 is 15.0 Å². The zero-order valence-electron chi connectivity index (χ0n) is 14.5. The molecule has 8 heteroatoms. The summed E-state index contributed by atoms with van der Waals surface area (Å²) in [5.41, 5.74) is -0.289. The standard InChI is InChI=1S/C18H20F3N3O2/c1-24(10-5-11-26-2)17(25)15-8-4-9-22-16(15)23-14-7-3-6-13(12-14)18(19,20)21/h3-4,6-9,12H,5,10-11H2,1-2H3,(H,22,23). The van der Waals surface area contributed by atoms with E-state index >= 15 is 0 Å². The van der Waals surface area contributed by atoms with Gasteiger partial charge in [0.05, 0.1) is 11.1 Å². The highest BCUT2D eigenvalue weighted by molar-refractivity contribution is 5.99. The molecule has 0 atom stereocenters. The van der Waals surface area contributed by atoms with Crippen LogP contribution in [0, 0.1) is 0 Å². The topological polar surface area (TPSA) is 54.5 Å². The monoisotopic (exact) mass is 367 g/mol. The molecule has 2 aromatic rings. The maximum atomic E-state index is 12.9. The van der Waals surface area contributed by atoms with Crippen molar-refractivity contribution in [3.63, 3.8) is 0 Å². The van der Waals surface area contributed by atoms with Gasteiger partial charge in [0.2, 0.25) is 0 Å². The van der Waals surface area contributed by atoms with E-state index in [1.54, 1.807) is 26.3 Å². The molecule has 1 aromatic carbocycles. The van der Waals surface area contributed by atoms with Gasteiger partial charge in [0.1, 0.15) is 5.82 Å². The first-order valence-corrected chi connectivity index (χ1v) is 7.96. The molecule has 1 aromatic heterocycles. The third-order valence-corrected chi connectivity index (χ3v) is 3.68. The lowest BCUT2D eigenvalue weighted by Gasteiger charge is -2.19. The predicted octanol–water partition coefficient (Wildman–Crippen LogP) is 3.95. The van der Waals surface area contributed by atoms with E-state index in [0.29, 0.717) is 19.6 Å². The first-order valence-electron chi connectivity index (χ1n) is 7.96. The van der Waals surface area contributed by atoms with Crippen molar-refractivity contribution in [2.45, 2.75) is 12.6 Å². The lowest BCUT2D eigenvalue weighted by molar-refractivity contribution is -0.137. The van der Waals surface area contributed by atoms with Crippen molar-refractivity contribution in [1.29, 1.82) is 0 Å². The number of amides is 1. The van der Waals surface area contributed by atoms with Gasteiger partial charge >= 0.3 is 6.18 Å². The van der Waals surface area contributed by atoms with Gasteiger partial charge in [-0.1, -0.05) is 6.07 Å². The van der Waals surface area contributed by atoms with Crippen LogP contribution in [-0.2, 0) is 10.9 Å². The third kappa shape index (κ3) is 5.19. The number of halogens is 3. The average Bonchev–Trinajstić information content (AvgIpc) is 2.61. The number of nitrogens with one attached hydrogen (secondary N) is 1. The van der Waals surface area contributed by atoms with E-state index < -0.39 is 11.7 Å². The van der Waals surface area contributed by atoms with Gasteiger partial charge in [-0.3, -0.25) is 4.79 Å². The van der Waals surface area contributed by atoms with E-state index in [2.05, 4.69) is 10.3 Å². The number of nitrogens with zero attached hydrogens (tertiary/aromatic N) is 2. The van der Waals surface area contributed by atoms with E-state index in [-0.39, 0.29) is 23.0 Å². The van der Waals surface area contributed by atoms with Crippen molar-refractivity contribution < 1.29 is 22.7 Å². The number of hydrogen-bond acceptors (Lipinski definition) is 4. The molecule has 0 spiro atoms. The Balaban J connectivity index is 2.20. The van der Waals surface area contributed by atoms with Gasteiger partial charge in [-0.05, 0) is 36.8 Å². The molecule has 1 heterocycles. The molecular formula is C18H20F3N3O2. The van der Waals surface area contributed by atoms with Gasteiger partial charge in [0.25, 0.3) is 5.91 Å². The Bertz CT molecular complexity index is 750. The Kier molecular flexibility index (Phi) is 6.57. The molecule has 0 radical (unpaired) electrons. The van der Waals surface area contributed by atoms with Crippen molar-refractivity contribution in [1.82, 2.24) is 9.88 Å². The van der Waals surface area contributed by atoms with Crippen LogP contribution in [0.2, 0.25) is 0 Å². The number of hydrogen-bond donors (Lipinski definition) is 1. The van der Waals surface area contributed by atoms with Gasteiger partial charge in [0, 0.05) is 39.2 Å². The van der Waals surface area contributed by atoms with Crippen molar-refractivity contribution in [2.75, 3.05) is 32.6 Å². The second-order valence-corrected chi connectivity index (χ2v) is 5.68. The van der Waals surface area contributed by atoms with E-state index in [4.69, 9.17) is 4.74 Å². The summed E-state index contributed by atoms with van der Waals surface area (Å²) < 4.78 is 43.5. The van der Waals surface area contributed by atoms with Crippen LogP contribution in [0.1, 0.15) is 22.3 Å². The Labute approximate surface area is 149 Å². The van der Waals surface area contributed by atoms with Crippen LogP contribution in [-0.4, -0.2) is 43.1 Å². The van der Waals surface area contributed by atoms with Gasteiger partial charge in [-0.25, -0.2) is 4.98 Å². The summed E-state index contributed by atoms with van der Waals surface area (Å²) in [5, 5.41) is 2.80. The van der Waals surface area contributed by atoms with E-state index in [1.807, 2.05) is 0 Å². The smallest absolute Gasteiger partial charge is 0.385 e. The molecular weight excluding hydrogens is 347 g/mol. The number of carbonyl (C=O) groups excluding carboxylic acids is 1. The fourth-order valence-electron chi connectivity index (χ4n) is 2.34. The van der Waals surface area contributed by atoms with Gasteiger partial charge in [0.15, 0.2) is 0 Å². The molecule has 140 valence electrons. The molecule has 0 aliphatic heterocycles. The largest absolute Gasteiger partial charge is 0.416 e. The highest BCUT2D eigenvalue weighted by atomic mass is 19.4. The average molecular weight is 367 g/mol. The van der Waals surface area contributed by atoms with Crippen LogP contribution in [0.3, 0.4) is 0 Å². The highest BCUT2D eigenvalue weighted by Crippen LogP contribution is 2.31. The van der Waals surface area contributed by atoms with Crippen molar-refractivity contribution >= 4 is 17.4 Å². The number of pyridine rings is 1. The minimum atomic E-state index is -4.44. The normalized spacial score (nSPS) is 11.3. The van der Waals surface area contributed by atoms with Gasteiger partial charge in [-0.2, -0.15) is 13.2 Å². The fourth-order valence-corrected chi connectivity index (χ4v) is 2.34. The van der Waals surface area contributed by atoms with Crippen LogP contribution in [0.5, 0.6) is 0 Å². The van der Waals surface area contributed by atoms with Gasteiger partial charge in [-0.15, -0.1) is 0 Å². The number of anilines is 2. The SMILES string of the molecule is COCCCN(C)C(=O)c1cccnc1Nc1cccc(C(F)(F)F)c1. The minimum Gasteiger partial charge on any atom is -0.385 e. The Morgan fingerprint density at radius 2 is 2.04 bits per heavy atom. The zero-order chi connectivity index (χ0) is 19.2. The predicted molar refractivity (Wildman–Crippen MR) is 92.4 cm³/mol. The van der Waals surface area contributed by atoms with E-state index in [9.17, 15) is 18.0 Å². The van der Waals surface area contributed by atoms with Crippen LogP contribution < -0.4 is 5.32 Å². The van der Waals surface area contributed by atoms with E-state index in [0.717, 1.165) is 12.1 Å². The molecule has 26 heavy (non-hydrogen) atoms. The first-order chi connectivity index (χ1) is 12.3. The maximum Gasteiger partial charge on any atom is 0.416 e. The van der Waals surface area contributed by atoms with Crippen LogP contribution in [0.4, 0.5) is 24.7 Å². The number of rotatable bonds is 7. The first kappa shape index (κ1) is 19.7. The van der Waals surface area contributed by atoms with Crippen molar-refractivity contribution in [3.05, 3.63) is 53.7 Å². The summed E-state index contributed by atoms with van der Waals surface area (Å²) in [5.74, 6) is -0.0703. The molecule has 0 unspecified atom stereocenters. The van der Waals surface area contributed by atoms with Crippen LogP contribution in [0.15, 0.2) is 42.6 Å². The molecule has 5 nitrogen and oxygen atoms in total. The molecule has 0 bridgehead atoms. The number of aromatic nitrogens is 1. The minimum absolute atomic E-state index is 0.203. The summed E-state index contributed by atoms with van der Waals surface area (Å²) in [6, 6.07) is 7.93. The zero-order valence-corrected chi connectivity index (χ0v) is 14.5. The number of alkyl halides is 3. The number of ether oxygens (including phenoxy) is 1. The van der Waals surface area contributed by atoms with E-state index in [1.165, 1.54) is 23.2 Å². The van der Waals surface area contributed by atoms with Crippen LogP contribution in [0.25, 0.3) is 0 Å². The Hall–Kier alpha value is -2.61. The number of carbonyl (C=O) groups is 1. The molecule has 0 saturated carbocycles. The summed E-state index contributed by atoms with van der Waals surface area (Å²) in [7, 11) is 3.24. The highest BCUT2D eigenvalue weighted by Gasteiger charge is 2.30. The molecule has 1 amide bonds. The third-order valence-electron chi connectivity index (χ3n) is 3.68. The fraction of sp³-hybridized carbons (Fsp3) is 0.333. The molecule has 0 saturated heterocycles. The number of methoxy groups -OCH3 is 1. The molecule has 0 aliphatic rings.